The molecule has 0 aromatic rings. The molecule has 0 saturated heterocycles. The molecule has 1 atom stereocenters. The first kappa shape index (κ1) is 25.6. The quantitative estimate of drug-likeness (QED) is 0.541. The van der Waals surface area contributed by atoms with Crippen molar-refractivity contribution in [3.63, 3.8) is 0 Å². The lowest BCUT2D eigenvalue weighted by Gasteiger charge is -2.29. The minimum absolute atomic E-state index is 0.0550. The van der Waals surface area contributed by atoms with Crippen LogP contribution in [0.25, 0.3) is 0 Å². The second-order valence-corrected chi connectivity index (χ2v) is 11.0. The zero-order chi connectivity index (χ0) is 22.4. The van der Waals surface area contributed by atoms with E-state index in [0.717, 1.165) is 31.5 Å². The number of alkyl carbamates (subject to hydrolysis) is 1. The molecule has 0 aromatic heterocycles. The van der Waals surface area contributed by atoms with Crippen LogP contribution in [0.3, 0.4) is 0 Å². The van der Waals surface area contributed by atoms with Crippen molar-refractivity contribution in [2.75, 3.05) is 13.1 Å². The number of nitrogens with zero attached hydrogens (tertiary/aromatic N) is 1. The molecule has 1 aliphatic rings. The van der Waals surface area contributed by atoms with Crippen molar-refractivity contribution >= 4 is 23.8 Å². The Balaban J connectivity index is 3.04. The van der Waals surface area contributed by atoms with Crippen LogP contribution in [0.15, 0.2) is 22.3 Å². The van der Waals surface area contributed by atoms with E-state index in [-0.39, 0.29) is 11.2 Å². The SMILES string of the molecule is CC1=C(NC(=O)OC(C)(C)C)SC(C)C=C1C(=O)N(CCC(C)C)CCC(C)C. The Morgan fingerprint density at radius 3 is 2.10 bits per heavy atom. The van der Waals surface area contributed by atoms with Gasteiger partial charge < -0.3 is 9.64 Å². The van der Waals surface area contributed by atoms with Gasteiger partial charge in [0, 0.05) is 23.9 Å². The number of ether oxygens (including phenoxy) is 1. The number of thioether (sulfide) groups is 1. The summed E-state index contributed by atoms with van der Waals surface area (Å²) in [5.41, 5.74) is 0.931. The van der Waals surface area contributed by atoms with Gasteiger partial charge in [-0.2, -0.15) is 0 Å². The molecule has 1 N–H and O–H groups in total. The standard InChI is InChI=1S/C23H40N2O3S/c1-15(2)10-12-25(13-11-16(3)4)21(26)19-14-17(5)29-20(18(19)6)24-22(27)28-23(7,8)9/h14-17H,10-13H2,1-9H3,(H,24,27). The number of hydrogen-bond donors (Lipinski definition) is 1. The molecule has 0 bridgehead atoms. The molecule has 0 aliphatic carbocycles. The number of nitrogens with one attached hydrogen (secondary N) is 1. The van der Waals surface area contributed by atoms with Gasteiger partial charge in [-0.15, -0.1) is 11.8 Å². The molecule has 1 heterocycles. The van der Waals surface area contributed by atoms with Crippen LogP contribution in [0.4, 0.5) is 4.79 Å². The van der Waals surface area contributed by atoms with Crippen molar-refractivity contribution in [1.29, 1.82) is 0 Å². The Morgan fingerprint density at radius 1 is 1.14 bits per heavy atom. The van der Waals surface area contributed by atoms with Crippen LogP contribution in [0, 0.1) is 11.8 Å². The van der Waals surface area contributed by atoms with E-state index in [0.29, 0.717) is 22.4 Å². The lowest BCUT2D eigenvalue weighted by atomic mass is 10.0. The van der Waals surface area contributed by atoms with Crippen LogP contribution in [0.5, 0.6) is 0 Å². The van der Waals surface area contributed by atoms with Crippen LogP contribution < -0.4 is 5.32 Å². The predicted molar refractivity (Wildman–Crippen MR) is 123 cm³/mol. The summed E-state index contributed by atoms with van der Waals surface area (Å²) in [6, 6.07) is 0. The van der Waals surface area contributed by atoms with Crippen molar-refractivity contribution in [1.82, 2.24) is 10.2 Å². The molecule has 0 spiro atoms. The smallest absolute Gasteiger partial charge is 0.412 e. The van der Waals surface area contributed by atoms with Crippen LogP contribution >= 0.6 is 11.8 Å². The summed E-state index contributed by atoms with van der Waals surface area (Å²) in [5.74, 6) is 1.14. The molecule has 0 saturated carbocycles. The first-order chi connectivity index (χ1) is 13.3. The van der Waals surface area contributed by atoms with Crippen LogP contribution in [-0.4, -0.2) is 40.8 Å². The highest BCUT2D eigenvalue weighted by atomic mass is 32.2. The molecular formula is C23H40N2O3S. The highest BCUT2D eigenvalue weighted by Crippen LogP contribution is 2.34. The molecule has 0 aromatic carbocycles. The summed E-state index contributed by atoms with van der Waals surface area (Å²) in [7, 11) is 0. The van der Waals surface area contributed by atoms with E-state index in [9.17, 15) is 9.59 Å². The third-order valence-electron chi connectivity index (χ3n) is 4.53. The number of rotatable bonds is 8. The Hall–Kier alpha value is -1.43. The van der Waals surface area contributed by atoms with Crippen molar-refractivity contribution < 1.29 is 14.3 Å². The molecule has 0 fully saturated rings. The van der Waals surface area contributed by atoms with Crippen LogP contribution in [-0.2, 0) is 9.53 Å². The van der Waals surface area contributed by atoms with E-state index in [1.54, 1.807) is 0 Å². The lowest BCUT2D eigenvalue weighted by molar-refractivity contribution is -0.127. The van der Waals surface area contributed by atoms with Gasteiger partial charge in [-0.3, -0.25) is 10.1 Å². The Labute approximate surface area is 181 Å². The van der Waals surface area contributed by atoms with Gasteiger partial charge in [0.05, 0.1) is 5.03 Å². The highest BCUT2D eigenvalue weighted by molar-refractivity contribution is 8.03. The molecule has 1 aliphatic heterocycles. The van der Waals surface area contributed by atoms with Gasteiger partial charge >= 0.3 is 6.09 Å². The zero-order valence-corrected chi connectivity index (χ0v) is 20.5. The Kier molecular flexibility index (Phi) is 9.80. The maximum atomic E-state index is 13.4. The molecule has 6 heteroatoms. The van der Waals surface area contributed by atoms with Gasteiger partial charge in [0.15, 0.2) is 0 Å². The lowest BCUT2D eigenvalue weighted by Crippen LogP contribution is -2.37. The normalized spacial score (nSPS) is 17.5. The number of hydrogen-bond acceptors (Lipinski definition) is 4. The van der Waals surface area contributed by atoms with Gasteiger partial charge in [-0.25, -0.2) is 4.79 Å². The molecule has 1 unspecified atom stereocenters. The molecule has 1 rings (SSSR count). The summed E-state index contributed by atoms with van der Waals surface area (Å²) in [6.45, 7) is 19.7. The Morgan fingerprint density at radius 2 is 1.66 bits per heavy atom. The molecular weight excluding hydrogens is 384 g/mol. The van der Waals surface area contributed by atoms with Crippen molar-refractivity contribution in [2.24, 2.45) is 11.8 Å². The van der Waals surface area contributed by atoms with E-state index in [2.05, 4.69) is 33.0 Å². The summed E-state index contributed by atoms with van der Waals surface area (Å²) in [4.78, 5) is 27.6. The van der Waals surface area contributed by atoms with Crippen LogP contribution in [0.2, 0.25) is 0 Å². The van der Waals surface area contributed by atoms with Gasteiger partial charge in [0.2, 0.25) is 0 Å². The van der Waals surface area contributed by atoms with Crippen molar-refractivity contribution in [2.45, 2.75) is 86.0 Å². The maximum Gasteiger partial charge on any atom is 0.412 e. The van der Waals surface area contributed by atoms with Crippen molar-refractivity contribution in [3.8, 4) is 0 Å². The minimum atomic E-state index is -0.567. The highest BCUT2D eigenvalue weighted by Gasteiger charge is 2.28. The number of carbonyl (C=O) groups excluding carboxylic acids is 2. The monoisotopic (exact) mass is 424 g/mol. The fourth-order valence-corrected chi connectivity index (χ4v) is 3.86. The van der Waals surface area contributed by atoms with E-state index < -0.39 is 11.7 Å². The van der Waals surface area contributed by atoms with Crippen LogP contribution in [0.1, 0.15) is 75.2 Å². The first-order valence-corrected chi connectivity index (χ1v) is 11.6. The van der Waals surface area contributed by atoms with E-state index in [1.807, 2.05) is 45.6 Å². The van der Waals surface area contributed by atoms with E-state index in [1.165, 1.54) is 11.8 Å². The molecule has 0 radical (unpaired) electrons. The van der Waals surface area contributed by atoms with Gasteiger partial charge in [-0.1, -0.05) is 33.8 Å². The predicted octanol–water partition coefficient (Wildman–Crippen LogP) is 5.73. The largest absolute Gasteiger partial charge is 0.444 e. The first-order valence-electron chi connectivity index (χ1n) is 10.7. The molecule has 2 amide bonds. The average molecular weight is 425 g/mol. The second kappa shape index (κ2) is 11.1. The van der Waals surface area contributed by atoms with Gasteiger partial charge in [-0.05, 0) is 64.9 Å². The minimum Gasteiger partial charge on any atom is -0.444 e. The third-order valence-corrected chi connectivity index (χ3v) is 5.69. The maximum absolute atomic E-state index is 13.4. The number of amides is 2. The molecule has 5 nitrogen and oxygen atoms in total. The Bertz CT molecular complexity index is 633. The summed E-state index contributed by atoms with van der Waals surface area (Å²) >= 11 is 1.54. The second-order valence-electron chi connectivity index (χ2n) is 9.64. The van der Waals surface area contributed by atoms with E-state index in [4.69, 9.17) is 4.74 Å². The fraction of sp³-hybridized carbons (Fsp3) is 0.739. The summed E-state index contributed by atoms with van der Waals surface area (Å²) < 4.78 is 5.38. The average Bonchev–Trinajstić information content (AvgIpc) is 2.55. The number of carbonyl (C=O) groups is 2. The topological polar surface area (TPSA) is 58.6 Å². The van der Waals surface area contributed by atoms with Gasteiger partial charge in [0.1, 0.15) is 5.60 Å². The van der Waals surface area contributed by atoms with Gasteiger partial charge in [0.25, 0.3) is 5.91 Å². The molecule has 29 heavy (non-hydrogen) atoms. The van der Waals surface area contributed by atoms with Crippen molar-refractivity contribution in [3.05, 3.63) is 22.3 Å². The third kappa shape index (κ3) is 9.28. The summed E-state index contributed by atoms with van der Waals surface area (Å²) in [5, 5.41) is 3.65. The summed E-state index contributed by atoms with van der Waals surface area (Å²) in [6.07, 6.45) is 3.48. The fourth-order valence-electron chi connectivity index (χ4n) is 2.85. The molecule has 166 valence electrons. The van der Waals surface area contributed by atoms with E-state index >= 15 is 0 Å². The zero-order valence-electron chi connectivity index (χ0n) is 19.7.